The molecule has 1 fully saturated rings. The van der Waals surface area contributed by atoms with Gasteiger partial charge in [-0.25, -0.2) is 4.52 Å². The fraction of sp³-hybridized carbons (Fsp3) is 0.250. The largest absolute Gasteiger partial charge is 0.369 e. The first kappa shape index (κ1) is 27.2. The first-order valence-electron chi connectivity index (χ1n) is 14.0. The predicted molar refractivity (Wildman–Crippen MR) is 164 cm³/mol. The highest BCUT2D eigenvalue weighted by Crippen LogP contribution is 2.24. The van der Waals surface area contributed by atoms with Gasteiger partial charge < -0.3 is 20.4 Å². The van der Waals surface area contributed by atoms with E-state index in [2.05, 4.69) is 49.8 Å². The molecule has 2 aromatic carbocycles. The van der Waals surface area contributed by atoms with E-state index in [-0.39, 0.29) is 11.8 Å². The van der Waals surface area contributed by atoms with E-state index in [9.17, 15) is 9.59 Å². The van der Waals surface area contributed by atoms with Gasteiger partial charge in [-0.15, -0.1) is 0 Å². The van der Waals surface area contributed by atoms with Crippen LogP contribution in [0, 0.1) is 6.92 Å². The van der Waals surface area contributed by atoms with Crippen molar-refractivity contribution in [3.8, 4) is 11.3 Å². The third kappa shape index (κ3) is 5.48. The van der Waals surface area contributed by atoms with Crippen LogP contribution in [0.4, 0.5) is 11.4 Å². The van der Waals surface area contributed by atoms with Crippen molar-refractivity contribution in [3.05, 3.63) is 102 Å². The van der Waals surface area contributed by atoms with E-state index in [4.69, 9.17) is 0 Å². The van der Waals surface area contributed by atoms with Crippen molar-refractivity contribution in [1.29, 1.82) is 0 Å². The number of para-hydroxylation sites is 1. The van der Waals surface area contributed by atoms with Crippen LogP contribution in [0.2, 0.25) is 0 Å². The van der Waals surface area contributed by atoms with E-state index >= 15 is 0 Å². The zero-order valence-corrected chi connectivity index (χ0v) is 24.0. The second-order valence-electron chi connectivity index (χ2n) is 10.7. The van der Waals surface area contributed by atoms with Crippen molar-refractivity contribution in [3.63, 3.8) is 0 Å². The van der Waals surface area contributed by atoms with Gasteiger partial charge in [-0.3, -0.25) is 14.3 Å². The lowest BCUT2D eigenvalue weighted by Gasteiger charge is -2.35. The van der Waals surface area contributed by atoms with E-state index in [1.165, 1.54) is 0 Å². The Kier molecular flexibility index (Phi) is 7.45. The number of carbonyl (C=O) groups excluding carboxylic acids is 2. The quantitative estimate of drug-likeness (QED) is 0.311. The van der Waals surface area contributed by atoms with Crippen LogP contribution in [0.25, 0.3) is 16.8 Å². The number of aryl methyl sites for hydroxylation is 2. The number of pyridine rings is 1. The molecule has 214 valence electrons. The summed E-state index contributed by atoms with van der Waals surface area (Å²) in [5.74, 6) is -0.489. The molecule has 0 saturated carbocycles. The van der Waals surface area contributed by atoms with Crippen LogP contribution in [-0.2, 0) is 13.6 Å². The molecule has 42 heavy (non-hydrogen) atoms. The molecule has 0 atom stereocenters. The maximum atomic E-state index is 13.3. The summed E-state index contributed by atoms with van der Waals surface area (Å²) < 4.78 is 3.48. The van der Waals surface area contributed by atoms with E-state index in [1.54, 1.807) is 33.7 Å². The summed E-state index contributed by atoms with van der Waals surface area (Å²) in [6.07, 6.45) is 5.17. The third-order valence-electron chi connectivity index (χ3n) is 7.90. The molecule has 0 unspecified atom stereocenters. The van der Waals surface area contributed by atoms with Crippen LogP contribution < -0.4 is 15.5 Å². The van der Waals surface area contributed by atoms with E-state index < -0.39 is 0 Å². The first-order chi connectivity index (χ1) is 20.4. The van der Waals surface area contributed by atoms with Crippen molar-refractivity contribution < 1.29 is 9.59 Å². The second-order valence-corrected chi connectivity index (χ2v) is 10.7. The van der Waals surface area contributed by atoms with E-state index in [0.29, 0.717) is 28.9 Å². The Balaban J connectivity index is 1.15. The number of hydrogen-bond acceptors (Lipinski definition) is 6. The average molecular weight is 563 g/mol. The Morgan fingerprint density at radius 2 is 1.71 bits per heavy atom. The van der Waals surface area contributed by atoms with Crippen molar-refractivity contribution >= 4 is 28.7 Å². The summed E-state index contributed by atoms with van der Waals surface area (Å²) >= 11 is 0. The number of aromatic nitrogens is 4. The van der Waals surface area contributed by atoms with E-state index in [0.717, 1.165) is 54.3 Å². The molecule has 10 heteroatoms. The topological polar surface area (TPSA) is 99.8 Å². The van der Waals surface area contributed by atoms with Gasteiger partial charge in [-0.1, -0.05) is 24.3 Å². The number of anilines is 2. The highest BCUT2D eigenvalue weighted by molar-refractivity contribution is 6.09. The molecular weight excluding hydrogens is 528 g/mol. The fourth-order valence-electron chi connectivity index (χ4n) is 5.35. The van der Waals surface area contributed by atoms with Crippen LogP contribution >= 0.6 is 0 Å². The fourth-order valence-corrected chi connectivity index (χ4v) is 5.35. The minimum absolute atomic E-state index is 0.197. The number of fused-ring (bicyclic) bond motifs is 1. The summed E-state index contributed by atoms with van der Waals surface area (Å²) in [7, 11) is 4.02. The normalized spacial score (nSPS) is 13.8. The van der Waals surface area contributed by atoms with Gasteiger partial charge in [0.05, 0.1) is 23.0 Å². The molecule has 5 aromatic rings. The molecule has 4 heterocycles. The number of nitrogens with one attached hydrogen (secondary N) is 2. The van der Waals surface area contributed by atoms with Crippen LogP contribution in [0.3, 0.4) is 0 Å². The van der Waals surface area contributed by atoms with Gasteiger partial charge in [-0.05, 0) is 61.5 Å². The minimum Gasteiger partial charge on any atom is -0.369 e. The molecule has 0 aliphatic carbocycles. The molecule has 0 spiro atoms. The maximum absolute atomic E-state index is 13.3. The van der Waals surface area contributed by atoms with E-state index in [1.807, 2.05) is 56.6 Å². The Morgan fingerprint density at radius 1 is 0.905 bits per heavy atom. The number of amides is 2. The van der Waals surface area contributed by atoms with Crippen LogP contribution in [0.15, 0.2) is 79.3 Å². The monoisotopic (exact) mass is 562 g/mol. The number of rotatable bonds is 7. The number of hydrogen-bond donors (Lipinski definition) is 2. The molecule has 2 amide bonds. The van der Waals surface area contributed by atoms with Gasteiger partial charge in [0.2, 0.25) is 0 Å². The maximum Gasteiger partial charge on any atom is 0.259 e. The van der Waals surface area contributed by atoms with Crippen LogP contribution in [0.5, 0.6) is 0 Å². The van der Waals surface area contributed by atoms with Crippen molar-refractivity contribution in [1.82, 2.24) is 29.6 Å². The molecule has 6 rings (SSSR count). The summed E-state index contributed by atoms with van der Waals surface area (Å²) in [5, 5.41) is 14.7. The molecular formula is C32H34N8O2. The minimum atomic E-state index is -0.292. The van der Waals surface area contributed by atoms with Gasteiger partial charge in [0.15, 0.2) is 0 Å². The SMILES string of the molecule is Cc1ccc(C(=O)NCc2ccccc2N2CCN(C)CC2)cc1NC(=O)c1cnn2cc(-c3ccnn3C)ccc12. The van der Waals surface area contributed by atoms with Gasteiger partial charge in [0.25, 0.3) is 11.8 Å². The number of carbonyl (C=O) groups is 2. The van der Waals surface area contributed by atoms with Gasteiger partial charge >= 0.3 is 0 Å². The highest BCUT2D eigenvalue weighted by atomic mass is 16.2. The van der Waals surface area contributed by atoms with Gasteiger partial charge in [0.1, 0.15) is 0 Å². The molecule has 3 aromatic heterocycles. The Hall–Kier alpha value is -4.96. The molecule has 10 nitrogen and oxygen atoms in total. The first-order valence-corrected chi connectivity index (χ1v) is 14.0. The van der Waals surface area contributed by atoms with Crippen LogP contribution in [-0.4, -0.2) is 69.3 Å². The lowest BCUT2D eigenvalue weighted by atomic mass is 10.1. The molecule has 2 N–H and O–H groups in total. The van der Waals surface area contributed by atoms with Gasteiger partial charge in [0, 0.05) is 74.7 Å². The van der Waals surface area contributed by atoms with Crippen molar-refractivity contribution in [2.45, 2.75) is 13.5 Å². The standard InChI is InChI=1S/C32H34N8O2/c1-22-8-9-23(31(41)33-19-24-6-4-5-7-29(24)39-16-14-37(2)15-17-39)18-27(22)36-32(42)26-20-35-40-21-25(10-11-30(26)40)28-12-13-34-38(28)3/h4-13,18,20-21H,14-17,19H2,1-3H3,(H,33,41)(H,36,42). The summed E-state index contributed by atoms with van der Waals surface area (Å²) in [5.41, 5.74) is 7.18. The number of piperazine rings is 1. The van der Waals surface area contributed by atoms with Crippen molar-refractivity contribution in [2.24, 2.45) is 7.05 Å². The second kappa shape index (κ2) is 11.5. The number of likely N-dealkylation sites (N-methyl/N-ethyl adjacent to an activating group) is 1. The summed E-state index contributed by atoms with van der Waals surface area (Å²) in [6.45, 7) is 6.27. The molecule has 1 saturated heterocycles. The summed E-state index contributed by atoms with van der Waals surface area (Å²) in [6, 6.07) is 19.3. The third-order valence-corrected chi connectivity index (χ3v) is 7.90. The zero-order chi connectivity index (χ0) is 29.2. The Morgan fingerprint density at radius 3 is 2.50 bits per heavy atom. The molecule has 1 aliphatic rings. The average Bonchev–Trinajstić information content (AvgIpc) is 3.63. The Labute approximate surface area is 244 Å². The van der Waals surface area contributed by atoms with Crippen LogP contribution in [0.1, 0.15) is 31.8 Å². The lowest BCUT2D eigenvalue weighted by molar-refractivity contribution is 0.0949. The molecule has 1 aliphatic heterocycles. The molecule has 0 radical (unpaired) electrons. The number of nitrogens with zero attached hydrogens (tertiary/aromatic N) is 6. The smallest absolute Gasteiger partial charge is 0.259 e. The predicted octanol–water partition coefficient (Wildman–Crippen LogP) is 3.98. The summed E-state index contributed by atoms with van der Waals surface area (Å²) in [4.78, 5) is 31.2. The Bertz CT molecular complexity index is 1760. The highest BCUT2D eigenvalue weighted by Gasteiger charge is 2.19. The van der Waals surface area contributed by atoms with Crippen molar-refractivity contribution in [2.75, 3.05) is 43.4 Å². The number of benzene rings is 2. The zero-order valence-electron chi connectivity index (χ0n) is 24.0. The lowest BCUT2D eigenvalue weighted by Crippen LogP contribution is -2.45. The molecule has 0 bridgehead atoms. The van der Waals surface area contributed by atoms with Gasteiger partial charge in [-0.2, -0.15) is 10.2 Å².